The van der Waals surface area contributed by atoms with Crippen LogP contribution < -0.4 is 16.0 Å². The molecule has 8 heteroatoms. The lowest BCUT2D eigenvalue weighted by Crippen LogP contribution is -2.31. The number of primary amides is 1. The number of benzene rings is 2. The van der Waals surface area contributed by atoms with Crippen molar-refractivity contribution in [3.63, 3.8) is 0 Å². The Morgan fingerprint density at radius 3 is 2.26 bits per heavy atom. The molecule has 0 aromatic heterocycles. The fourth-order valence-electron chi connectivity index (χ4n) is 3.00. The summed E-state index contributed by atoms with van der Waals surface area (Å²) < 4.78 is 0. The molecule has 0 atom stereocenters. The zero-order valence-corrected chi connectivity index (χ0v) is 15.7. The SMILES string of the molecule is Cc1cc(C)c(NC(=O)CN(C)c2ccc(C(N)=O)cc2[N+](=O)[O-])c(C)c1. The van der Waals surface area contributed by atoms with Crippen LogP contribution in [0.5, 0.6) is 0 Å². The first-order chi connectivity index (χ1) is 12.6. The fraction of sp³-hybridized carbons (Fsp3) is 0.263. The maximum absolute atomic E-state index is 12.4. The number of nitrogens with one attached hydrogen (secondary N) is 1. The molecule has 0 aliphatic heterocycles. The number of carbonyl (C=O) groups is 2. The molecule has 2 amide bonds. The number of rotatable bonds is 6. The molecule has 27 heavy (non-hydrogen) atoms. The van der Waals surface area contributed by atoms with Crippen LogP contribution >= 0.6 is 0 Å². The molecule has 3 N–H and O–H groups in total. The summed E-state index contributed by atoms with van der Waals surface area (Å²) in [5.74, 6) is -1.06. The number of amides is 2. The summed E-state index contributed by atoms with van der Waals surface area (Å²) in [5.41, 5.74) is 8.87. The van der Waals surface area contributed by atoms with Crippen molar-refractivity contribution in [1.29, 1.82) is 0 Å². The van der Waals surface area contributed by atoms with Gasteiger partial charge in [-0.1, -0.05) is 17.7 Å². The number of nitrogens with zero attached hydrogens (tertiary/aromatic N) is 2. The highest BCUT2D eigenvalue weighted by Crippen LogP contribution is 2.28. The minimum atomic E-state index is -0.754. The van der Waals surface area contributed by atoms with Crippen molar-refractivity contribution in [3.8, 4) is 0 Å². The number of hydrogen-bond donors (Lipinski definition) is 2. The highest BCUT2D eigenvalue weighted by molar-refractivity contribution is 5.97. The van der Waals surface area contributed by atoms with Gasteiger partial charge in [-0.05, 0) is 44.0 Å². The molecule has 0 aliphatic rings. The molecule has 0 saturated heterocycles. The second kappa shape index (κ2) is 7.86. The van der Waals surface area contributed by atoms with Crippen LogP contribution in [0.1, 0.15) is 27.0 Å². The third-order valence-electron chi connectivity index (χ3n) is 4.19. The van der Waals surface area contributed by atoms with E-state index >= 15 is 0 Å². The molecule has 2 rings (SSSR count). The van der Waals surface area contributed by atoms with Crippen LogP contribution in [-0.2, 0) is 4.79 Å². The third kappa shape index (κ3) is 4.60. The number of nitro benzene ring substituents is 1. The number of nitrogens with two attached hydrogens (primary N) is 1. The molecule has 8 nitrogen and oxygen atoms in total. The van der Waals surface area contributed by atoms with Crippen LogP contribution in [0.4, 0.5) is 17.1 Å². The second-order valence-corrected chi connectivity index (χ2v) is 6.50. The summed E-state index contributed by atoms with van der Waals surface area (Å²) in [6, 6.07) is 7.86. The Labute approximate surface area is 157 Å². The number of aryl methyl sites for hydroxylation is 3. The van der Waals surface area contributed by atoms with Crippen LogP contribution in [-0.4, -0.2) is 30.3 Å². The molecular formula is C19H22N4O4. The van der Waals surface area contributed by atoms with Gasteiger partial charge in [0, 0.05) is 24.4 Å². The van der Waals surface area contributed by atoms with E-state index in [4.69, 9.17) is 5.73 Å². The van der Waals surface area contributed by atoms with Crippen LogP contribution in [0.15, 0.2) is 30.3 Å². The number of nitro groups is 1. The first-order valence-corrected chi connectivity index (χ1v) is 8.27. The molecule has 0 aliphatic carbocycles. The van der Waals surface area contributed by atoms with Gasteiger partial charge in [0.15, 0.2) is 0 Å². The molecule has 0 spiro atoms. The minimum absolute atomic E-state index is 0.0363. The molecule has 142 valence electrons. The fourth-order valence-corrected chi connectivity index (χ4v) is 3.00. The Bertz CT molecular complexity index is 901. The van der Waals surface area contributed by atoms with Crippen LogP contribution in [0.25, 0.3) is 0 Å². The second-order valence-electron chi connectivity index (χ2n) is 6.50. The summed E-state index contributed by atoms with van der Waals surface area (Å²) in [5, 5.41) is 14.2. The normalized spacial score (nSPS) is 10.4. The Morgan fingerprint density at radius 2 is 1.74 bits per heavy atom. The monoisotopic (exact) mass is 370 g/mol. The smallest absolute Gasteiger partial charge is 0.293 e. The molecule has 0 saturated carbocycles. The third-order valence-corrected chi connectivity index (χ3v) is 4.19. The van der Waals surface area contributed by atoms with Gasteiger partial charge < -0.3 is 16.0 Å². The number of hydrogen-bond acceptors (Lipinski definition) is 5. The standard InChI is InChI=1S/C19H22N4O4/c1-11-7-12(2)18(13(3)8-11)21-17(24)10-22(4)15-6-5-14(19(20)25)9-16(15)23(26)27/h5-9H,10H2,1-4H3,(H2,20,25)(H,21,24). The van der Waals surface area contributed by atoms with E-state index in [-0.39, 0.29) is 29.4 Å². The van der Waals surface area contributed by atoms with Crippen molar-refractivity contribution < 1.29 is 14.5 Å². The predicted octanol–water partition coefficient (Wildman–Crippen LogP) is 2.69. The highest BCUT2D eigenvalue weighted by Gasteiger charge is 2.21. The molecule has 0 radical (unpaired) electrons. The van der Waals surface area contributed by atoms with E-state index < -0.39 is 10.8 Å². The van der Waals surface area contributed by atoms with Crippen molar-refractivity contribution in [2.45, 2.75) is 20.8 Å². The summed E-state index contributed by atoms with van der Waals surface area (Å²) in [6.45, 7) is 5.71. The van der Waals surface area contributed by atoms with Gasteiger partial charge in [0.2, 0.25) is 11.8 Å². The Kier molecular flexibility index (Phi) is 5.79. The van der Waals surface area contributed by atoms with Crippen molar-refractivity contribution in [2.75, 3.05) is 23.8 Å². The lowest BCUT2D eigenvalue weighted by molar-refractivity contribution is -0.384. The van der Waals surface area contributed by atoms with Gasteiger partial charge in [-0.15, -0.1) is 0 Å². The van der Waals surface area contributed by atoms with E-state index in [2.05, 4.69) is 5.32 Å². The van der Waals surface area contributed by atoms with Crippen molar-refractivity contribution >= 4 is 28.9 Å². The first kappa shape index (κ1) is 19.9. The quantitative estimate of drug-likeness (QED) is 0.598. The number of carbonyl (C=O) groups excluding carboxylic acids is 2. The van der Waals surface area contributed by atoms with Crippen molar-refractivity contribution in [1.82, 2.24) is 0 Å². The van der Waals surface area contributed by atoms with E-state index in [1.165, 1.54) is 17.0 Å². The van der Waals surface area contributed by atoms with E-state index in [9.17, 15) is 19.7 Å². The van der Waals surface area contributed by atoms with Gasteiger partial charge in [0.1, 0.15) is 5.69 Å². The van der Waals surface area contributed by atoms with Gasteiger partial charge in [0.25, 0.3) is 5.69 Å². The number of anilines is 2. The topological polar surface area (TPSA) is 119 Å². The summed E-state index contributed by atoms with van der Waals surface area (Å²) in [4.78, 5) is 35.9. The summed E-state index contributed by atoms with van der Waals surface area (Å²) >= 11 is 0. The van der Waals surface area contributed by atoms with Crippen LogP contribution in [0, 0.1) is 30.9 Å². The Morgan fingerprint density at radius 1 is 1.15 bits per heavy atom. The molecule has 0 unspecified atom stereocenters. The lowest BCUT2D eigenvalue weighted by atomic mass is 10.1. The largest absolute Gasteiger partial charge is 0.366 e. The van der Waals surface area contributed by atoms with E-state index in [1.807, 2.05) is 32.9 Å². The van der Waals surface area contributed by atoms with Gasteiger partial charge in [0.05, 0.1) is 11.5 Å². The molecular weight excluding hydrogens is 348 g/mol. The minimum Gasteiger partial charge on any atom is -0.366 e. The van der Waals surface area contributed by atoms with Gasteiger partial charge in [-0.25, -0.2) is 0 Å². The maximum atomic E-state index is 12.4. The zero-order chi connectivity index (χ0) is 20.3. The lowest BCUT2D eigenvalue weighted by Gasteiger charge is -2.20. The predicted molar refractivity (Wildman–Crippen MR) is 104 cm³/mol. The Balaban J connectivity index is 2.22. The highest BCUT2D eigenvalue weighted by atomic mass is 16.6. The molecule has 0 heterocycles. The van der Waals surface area contributed by atoms with Crippen molar-refractivity contribution in [3.05, 3.63) is 62.7 Å². The van der Waals surface area contributed by atoms with Crippen LogP contribution in [0.3, 0.4) is 0 Å². The number of likely N-dealkylation sites (N-methyl/N-ethyl adjacent to an activating group) is 1. The average molecular weight is 370 g/mol. The van der Waals surface area contributed by atoms with E-state index in [1.54, 1.807) is 7.05 Å². The molecule has 2 aromatic carbocycles. The zero-order valence-electron chi connectivity index (χ0n) is 15.7. The summed E-state index contributed by atoms with van der Waals surface area (Å²) in [7, 11) is 1.57. The summed E-state index contributed by atoms with van der Waals surface area (Å²) in [6.07, 6.45) is 0. The van der Waals surface area contributed by atoms with E-state index in [0.29, 0.717) is 0 Å². The molecule has 0 fully saturated rings. The van der Waals surface area contributed by atoms with Gasteiger partial charge >= 0.3 is 0 Å². The molecule has 0 bridgehead atoms. The van der Waals surface area contributed by atoms with Crippen LogP contribution in [0.2, 0.25) is 0 Å². The molecule has 2 aromatic rings. The van der Waals surface area contributed by atoms with Crippen molar-refractivity contribution in [2.24, 2.45) is 5.73 Å². The maximum Gasteiger partial charge on any atom is 0.293 e. The first-order valence-electron chi connectivity index (χ1n) is 8.27. The van der Waals surface area contributed by atoms with E-state index in [0.717, 1.165) is 28.4 Å². The van der Waals surface area contributed by atoms with Gasteiger partial charge in [-0.3, -0.25) is 19.7 Å². The average Bonchev–Trinajstić information content (AvgIpc) is 2.57. The van der Waals surface area contributed by atoms with Gasteiger partial charge in [-0.2, -0.15) is 0 Å². The Hall–Kier alpha value is -3.42.